The molecule has 0 bridgehead atoms. The highest BCUT2D eigenvalue weighted by Crippen LogP contribution is 2.29. The summed E-state index contributed by atoms with van der Waals surface area (Å²) in [6, 6.07) is 8.70. The smallest absolute Gasteiger partial charge is 0.337 e. The molecule has 1 aliphatic rings. The molecule has 216 valence electrons. The summed E-state index contributed by atoms with van der Waals surface area (Å²) in [5.41, 5.74) is 1.11. The average molecular weight is 550 g/mol. The molecule has 0 N–H and O–H groups in total. The van der Waals surface area contributed by atoms with Crippen LogP contribution in [0.15, 0.2) is 30.3 Å². The van der Waals surface area contributed by atoms with Crippen LogP contribution in [0.1, 0.15) is 63.9 Å². The van der Waals surface area contributed by atoms with Crippen molar-refractivity contribution in [2.45, 2.75) is 73.1 Å². The number of para-hydroxylation sites is 1. The maximum Gasteiger partial charge on any atom is 0.435 e. The Hall–Kier alpha value is -2.88. The van der Waals surface area contributed by atoms with Crippen molar-refractivity contribution in [3.8, 4) is 0 Å². The molecule has 2 aromatic rings. The van der Waals surface area contributed by atoms with E-state index in [1.54, 1.807) is 11.8 Å². The number of aromatic nitrogens is 2. The van der Waals surface area contributed by atoms with Gasteiger partial charge in [-0.1, -0.05) is 45.9 Å². The van der Waals surface area contributed by atoms with Crippen LogP contribution in [0.25, 0.3) is 0 Å². The van der Waals surface area contributed by atoms with Crippen molar-refractivity contribution >= 4 is 17.5 Å². The largest absolute Gasteiger partial charge is 0.435 e. The zero-order valence-corrected chi connectivity index (χ0v) is 23.8. The molecule has 39 heavy (non-hydrogen) atoms. The zero-order valence-electron chi connectivity index (χ0n) is 23.8. The van der Waals surface area contributed by atoms with Crippen LogP contribution < -0.4 is 4.90 Å². The minimum absolute atomic E-state index is 0.0299. The summed E-state index contributed by atoms with van der Waals surface area (Å²) in [5.74, 6) is 0.583. The molecular formula is C29H42F3N5O2. The molecule has 0 atom stereocenters. The molecule has 0 saturated carbocycles. The van der Waals surface area contributed by atoms with E-state index in [0.717, 1.165) is 36.8 Å². The van der Waals surface area contributed by atoms with Crippen molar-refractivity contribution in [3.63, 3.8) is 0 Å². The van der Waals surface area contributed by atoms with Crippen LogP contribution in [0, 0.1) is 18.8 Å². The Morgan fingerprint density at radius 3 is 2.33 bits per heavy atom. The third-order valence-corrected chi connectivity index (χ3v) is 6.85. The number of alkyl halides is 3. The fraction of sp³-hybridized carbons (Fsp3) is 0.621. The maximum atomic E-state index is 13.5. The van der Waals surface area contributed by atoms with Gasteiger partial charge in [-0.3, -0.25) is 14.3 Å². The second kappa shape index (κ2) is 13.5. The quantitative estimate of drug-likeness (QED) is 0.466. The summed E-state index contributed by atoms with van der Waals surface area (Å²) >= 11 is 0. The van der Waals surface area contributed by atoms with Crippen LogP contribution in [-0.2, 0) is 28.9 Å². The molecule has 7 nitrogen and oxygen atoms in total. The van der Waals surface area contributed by atoms with Crippen molar-refractivity contribution in [2.24, 2.45) is 11.8 Å². The molecule has 2 amide bonds. The first kappa shape index (κ1) is 30.7. The summed E-state index contributed by atoms with van der Waals surface area (Å²) in [4.78, 5) is 32.8. The Labute approximate surface area is 229 Å². The van der Waals surface area contributed by atoms with Crippen molar-refractivity contribution in [3.05, 3.63) is 47.3 Å². The molecular weight excluding hydrogens is 507 g/mol. The average Bonchev–Trinajstić information content (AvgIpc) is 3.21. The number of anilines is 1. The van der Waals surface area contributed by atoms with Crippen molar-refractivity contribution in [2.75, 3.05) is 37.6 Å². The number of aryl methyl sites for hydroxylation is 2. The molecule has 1 aromatic carbocycles. The van der Waals surface area contributed by atoms with E-state index in [1.807, 2.05) is 43.0 Å². The minimum atomic E-state index is -4.53. The lowest BCUT2D eigenvalue weighted by molar-refractivity contribution is -0.141. The normalized spacial score (nSPS) is 15.9. The molecule has 0 aliphatic carbocycles. The number of nitrogens with zero attached hydrogens (tertiary/aromatic N) is 5. The summed E-state index contributed by atoms with van der Waals surface area (Å²) in [6.45, 7) is 13.8. The van der Waals surface area contributed by atoms with Gasteiger partial charge in [0, 0.05) is 63.5 Å². The van der Waals surface area contributed by atoms with Gasteiger partial charge in [-0.15, -0.1) is 0 Å². The van der Waals surface area contributed by atoms with E-state index < -0.39 is 11.9 Å². The van der Waals surface area contributed by atoms with Crippen molar-refractivity contribution < 1.29 is 22.8 Å². The van der Waals surface area contributed by atoms with Gasteiger partial charge in [0.15, 0.2) is 5.69 Å². The molecule has 0 unspecified atom stereocenters. The van der Waals surface area contributed by atoms with Gasteiger partial charge in [0.1, 0.15) is 0 Å². The van der Waals surface area contributed by atoms with Gasteiger partial charge in [0.25, 0.3) is 0 Å². The number of benzene rings is 1. The maximum absolute atomic E-state index is 13.5. The number of carbonyl (C=O) groups is 2. The second-order valence-corrected chi connectivity index (χ2v) is 11.3. The van der Waals surface area contributed by atoms with E-state index in [2.05, 4.69) is 23.8 Å². The number of hydrogen-bond acceptors (Lipinski definition) is 4. The summed E-state index contributed by atoms with van der Waals surface area (Å²) in [6.07, 6.45) is -3.24. The van der Waals surface area contributed by atoms with E-state index in [1.165, 1.54) is 4.68 Å². The third-order valence-electron chi connectivity index (χ3n) is 6.85. The van der Waals surface area contributed by atoms with Crippen LogP contribution in [-0.4, -0.2) is 64.1 Å². The fourth-order valence-electron chi connectivity index (χ4n) is 5.00. The number of hydrogen-bond donors (Lipinski definition) is 0. The van der Waals surface area contributed by atoms with Crippen LogP contribution in [0.4, 0.5) is 18.9 Å². The minimum Gasteiger partial charge on any atom is -0.337 e. The topological polar surface area (TPSA) is 61.7 Å². The lowest BCUT2D eigenvalue weighted by Gasteiger charge is -2.29. The first-order valence-corrected chi connectivity index (χ1v) is 13.8. The Morgan fingerprint density at radius 2 is 1.69 bits per heavy atom. The zero-order chi connectivity index (χ0) is 28.7. The highest BCUT2D eigenvalue weighted by atomic mass is 19.4. The number of halogens is 3. The molecule has 0 radical (unpaired) electrons. The molecule has 2 heterocycles. The predicted octanol–water partition coefficient (Wildman–Crippen LogP) is 5.37. The monoisotopic (exact) mass is 549 g/mol. The number of rotatable bonds is 7. The number of fused-ring (bicyclic) bond motifs is 1. The van der Waals surface area contributed by atoms with E-state index in [9.17, 15) is 22.8 Å². The Morgan fingerprint density at radius 1 is 0.974 bits per heavy atom. The van der Waals surface area contributed by atoms with E-state index in [4.69, 9.17) is 0 Å². The first-order chi connectivity index (χ1) is 18.3. The van der Waals surface area contributed by atoms with Crippen LogP contribution in [0.5, 0.6) is 0 Å². The standard InChI is InChI=1S/C29H42F3N5O2/c1-21(2)17-28(39)36-13-8-12-34(19-22(3)4)15-16-35(20-24-9-6-7-10-25(24)36)27(38)11-14-37-23(5)18-26(33-37)29(30,31)32/h6-7,9-10,18,21-22H,8,11-17,19-20H2,1-5H3. The highest BCUT2D eigenvalue weighted by Gasteiger charge is 2.34. The second-order valence-electron chi connectivity index (χ2n) is 11.3. The Balaban J connectivity index is 1.87. The van der Waals surface area contributed by atoms with Gasteiger partial charge in [-0.05, 0) is 49.4 Å². The van der Waals surface area contributed by atoms with E-state index in [-0.39, 0.29) is 30.7 Å². The summed E-state index contributed by atoms with van der Waals surface area (Å²) < 4.78 is 40.6. The van der Waals surface area contributed by atoms with Gasteiger partial charge >= 0.3 is 6.18 Å². The van der Waals surface area contributed by atoms with Gasteiger partial charge in [-0.2, -0.15) is 18.3 Å². The molecule has 3 rings (SSSR count). The lowest BCUT2D eigenvalue weighted by Crippen LogP contribution is -2.40. The third kappa shape index (κ3) is 8.81. The summed E-state index contributed by atoms with van der Waals surface area (Å²) in [5, 5.41) is 3.67. The molecule has 0 spiro atoms. The number of carbonyl (C=O) groups excluding carboxylic acids is 2. The SMILES string of the molecule is Cc1cc(C(F)(F)F)nn1CCC(=O)N1CCN(CC(C)C)CCCN(C(=O)CC(C)C)c2ccccc2C1. The molecule has 0 saturated heterocycles. The van der Waals surface area contributed by atoms with Gasteiger partial charge < -0.3 is 14.7 Å². The lowest BCUT2D eigenvalue weighted by atomic mass is 10.1. The molecule has 1 aromatic heterocycles. The first-order valence-electron chi connectivity index (χ1n) is 13.8. The van der Waals surface area contributed by atoms with Gasteiger partial charge in [0.2, 0.25) is 11.8 Å². The molecule has 1 aliphatic heterocycles. The van der Waals surface area contributed by atoms with E-state index in [0.29, 0.717) is 44.2 Å². The molecule has 0 fully saturated rings. The van der Waals surface area contributed by atoms with Crippen LogP contribution >= 0.6 is 0 Å². The van der Waals surface area contributed by atoms with E-state index >= 15 is 0 Å². The van der Waals surface area contributed by atoms with Crippen LogP contribution in [0.3, 0.4) is 0 Å². The number of amides is 2. The fourth-order valence-corrected chi connectivity index (χ4v) is 5.00. The summed E-state index contributed by atoms with van der Waals surface area (Å²) in [7, 11) is 0. The highest BCUT2D eigenvalue weighted by molar-refractivity contribution is 5.94. The van der Waals surface area contributed by atoms with Crippen molar-refractivity contribution in [1.29, 1.82) is 0 Å². The molecule has 10 heteroatoms. The van der Waals surface area contributed by atoms with Gasteiger partial charge in [0.05, 0.1) is 0 Å². The van der Waals surface area contributed by atoms with Crippen LogP contribution in [0.2, 0.25) is 0 Å². The Bertz CT molecular complexity index is 1110. The predicted molar refractivity (Wildman–Crippen MR) is 146 cm³/mol. The Kier molecular flexibility index (Phi) is 10.6. The van der Waals surface area contributed by atoms with Gasteiger partial charge in [-0.25, -0.2) is 0 Å². The van der Waals surface area contributed by atoms with Crippen molar-refractivity contribution in [1.82, 2.24) is 19.6 Å².